The lowest BCUT2D eigenvalue weighted by Crippen LogP contribution is -2.48. The maximum absolute atomic E-state index is 12.4. The molecule has 6 rings (SSSR count). The molecule has 3 nitrogen and oxygen atoms in total. The summed E-state index contributed by atoms with van der Waals surface area (Å²) >= 11 is 0. The third-order valence-electron chi connectivity index (χ3n) is 8.69. The molecule has 0 radical (unpaired) electrons. The van der Waals surface area contributed by atoms with Crippen LogP contribution in [0.4, 0.5) is 0 Å². The molecule has 0 unspecified atom stereocenters. The minimum absolute atomic E-state index is 0. The molecular weight excluding hydrogens is 332 g/mol. The number of piperidine rings is 1. The second kappa shape index (κ2) is 6.07. The van der Waals surface area contributed by atoms with Gasteiger partial charge in [-0.05, 0) is 87.4 Å². The molecule has 1 aliphatic heterocycles. The standard InChI is InChI=1S/C24H32N2O.H2/c27-23(17-7-8-17)25-21-15-24(20-4-2-1-3-19(20)21)9-11-26(12-10-24)22-14-16-5-6-18(22)13-16;/h1-4,16-18,21-22H,5-15H2,(H,25,27);1H/t16-,18+,21-,22+;/m0./s1. The quantitative estimate of drug-likeness (QED) is 0.858. The molecule has 0 aromatic heterocycles. The molecule has 1 spiro atoms. The molecule has 1 aromatic carbocycles. The number of amides is 1. The summed E-state index contributed by atoms with van der Waals surface area (Å²) in [7, 11) is 0. The van der Waals surface area contributed by atoms with Gasteiger partial charge in [0.2, 0.25) is 5.91 Å². The Morgan fingerprint density at radius 2 is 1.89 bits per heavy atom. The second-order valence-electron chi connectivity index (χ2n) is 10.2. The molecule has 1 aromatic rings. The van der Waals surface area contributed by atoms with Gasteiger partial charge in [-0.15, -0.1) is 0 Å². The van der Waals surface area contributed by atoms with Gasteiger partial charge in [-0.3, -0.25) is 4.79 Å². The zero-order valence-electron chi connectivity index (χ0n) is 16.3. The van der Waals surface area contributed by atoms with Crippen LogP contribution in [0.25, 0.3) is 0 Å². The van der Waals surface area contributed by atoms with Crippen molar-refractivity contribution in [1.29, 1.82) is 0 Å². The van der Waals surface area contributed by atoms with Gasteiger partial charge in [0.1, 0.15) is 0 Å². The SMILES string of the molecule is O=C(N[C@H]1CC2(CCN([C@@H]3C[C@H]4CC[C@@H]3C4)CC2)c2ccccc21)C1CC1.[HH]. The highest BCUT2D eigenvalue weighted by Crippen LogP contribution is 2.53. The monoisotopic (exact) mass is 366 g/mol. The first-order valence-corrected chi connectivity index (χ1v) is 11.4. The van der Waals surface area contributed by atoms with Crippen LogP contribution in [0, 0.1) is 17.8 Å². The predicted molar refractivity (Wildman–Crippen MR) is 109 cm³/mol. The maximum Gasteiger partial charge on any atom is 0.223 e. The van der Waals surface area contributed by atoms with Crippen LogP contribution in [-0.2, 0) is 10.2 Å². The fourth-order valence-corrected chi connectivity index (χ4v) is 7.07. The van der Waals surface area contributed by atoms with Crippen molar-refractivity contribution in [2.75, 3.05) is 13.1 Å². The summed E-state index contributed by atoms with van der Waals surface area (Å²) in [4.78, 5) is 15.3. The Morgan fingerprint density at radius 1 is 1.07 bits per heavy atom. The minimum Gasteiger partial charge on any atom is -0.349 e. The topological polar surface area (TPSA) is 32.3 Å². The Bertz CT molecular complexity index is 753. The van der Waals surface area contributed by atoms with E-state index in [9.17, 15) is 4.79 Å². The van der Waals surface area contributed by atoms with E-state index in [1.165, 1.54) is 57.2 Å². The normalized spacial score (nSPS) is 36.9. The molecule has 1 N–H and O–H groups in total. The van der Waals surface area contributed by atoms with Crippen LogP contribution < -0.4 is 5.32 Å². The number of carbonyl (C=O) groups excluding carboxylic acids is 1. The summed E-state index contributed by atoms with van der Waals surface area (Å²) in [6.07, 6.45) is 11.8. The van der Waals surface area contributed by atoms with Crippen LogP contribution in [0.2, 0.25) is 0 Å². The number of hydrogen-bond acceptors (Lipinski definition) is 2. The van der Waals surface area contributed by atoms with Gasteiger partial charge in [0, 0.05) is 18.8 Å². The van der Waals surface area contributed by atoms with E-state index < -0.39 is 0 Å². The number of likely N-dealkylation sites (tertiary alicyclic amines) is 1. The summed E-state index contributed by atoms with van der Waals surface area (Å²) in [6.45, 7) is 2.51. The zero-order chi connectivity index (χ0) is 18.0. The van der Waals surface area contributed by atoms with Crippen molar-refractivity contribution in [3.05, 3.63) is 35.4 Å². The molecule has 4 aliphatic carbocycles. The fraction of sp³-hybridized carbons (Fsp3) is 0.708. The number of nitrogens with zero attached hydrogens (tertiary/aromatic N) is 1. The van der Waals surface area contributed by atoms with Gasteiger partial charge in [-0.1, -0.05) is 30.7 Å². The summed E-state index contributed by atoms with van der Waals surface area (Å²) in [5.74, 6) is 2.62. The number of rotatable bonds is 3. The highest BCUT2D eigenvalue weighted by atomic mass is 16.2. The molecule has 146 valence electrons. The Kier molecular flexibility index (Phi) is 3.73. The minimum atomic E-state index is 0. The van der Waals surface area contributed by atoms with Crippen molar-refractivity contribution in [3.8, 4) is 0 Å². The number of hydrogen-bond donors (Lipinski definition) is 1. The average molecular weight is 367 g/mol. The van der Waals surface area contributed by atoms with Gasteiger partial charge in [0.25, 0.3) is 0 Å². The zero-order valence-corrected chi connectivity index (χ0v) is 16.3. The largest absolute Gasteiger partial charge is 0.349 e. The smallest absolute Gasteiger partial charge is 0.223 e. The molecular formula is C24H34N2O. The van der Waals surface area contributed by atoms with Gasteiger partial charge in [0.05, 0.1) is 6.04 Å². The lowest BCUT2D eigenvalue weighted by atomic mass is 9.73. The van der Waals surface area contributed by atoms with E-state index in [1.54, 1.807) is 5.56 Å². The van der Waals surface area contributed by atoms with E-state index in [4.69, 9.17) is 0 Å². The third kappa shape index (κ3) is 2.68. The molecule has 1 saturated heterocycles. The average Bonchev–Trinajstić information content (AvgIpc) is 3.24. The Hall–Kier alpha value is -1.35. The van der Waals surface area contributed by atoms with E-state index in [2.05, 4.69) is 34.5 Å². The van der Waals surface area contributed by atoms with Crippen LogP contribution in [0.3, 0.4) is 0 Å². The van der Waals surface area contributed by atoms with Crippen LogP contribution in [-0.4, -0.2) is 29.9 Å². The van der Waals surface area contributed by atoms with Crippen molar-refractivity contribution in [2.24, 2.45) is 17.8 Å². The number of nitrogens with one attached hydrogen (secondary N) is 1. The molecule has 27 heavy (non-hydrogen) atoms. The number of benzene rings is 1. The van der Waals surface area contributed by atoms with E-state index in [0.717, 1.165) is 37.1 Å². The van der Waals surface area contributed by atoms with Crippen LogP contribution in [0.15, 0.2) is 24.3 Å². The molecule has 4 atom stereocenters. The van der Waals surface area contributed by atoms with Gasteiger partial charge < -0.3 is 10.2 Å². The molecule has 4 fully saturated rings. The maximum atomic E-state index is 12.4. The van der Waals surface area contributed by atoms with Crippen molar-refractivity contribution in [2.45, 2.75) is 75.3 Å². The highest BCUT2D eigenvalue weighted by Gasteiger charge is 2.49. The molecule has 3 heteroatoms. The Labute approximate surface area is 164 Å². The Balaban J connectivity index is 0.00000171. The van der Waals surface area contributed by atoms with Crippen LogP contribution in [0.5, 0.6) is 0 Å². The van der Waals surface area contributed by atoms with Gasteiger partial charge in [-0.2, -0.15) is 0 Å². The number of carbonyl (C=O) groups is 1. The van der Waals surface area contributed by atoms with Crippen molar-refractivity contribution < 1.29 is 6.22 Å². The highest BCUT2D eigenvalue weighted by molar-refractivity contribution is 5.81. The first-order chi connectivity index (χ1) is 13.2. The molecule has 3 saturated carbocycles. The van der Waals surface area contributed by atoms with Crippen molar-refractivity contribution in [3.63, 3.8) is 0 Å². The molecule has 5 aliphatic rings. The first-order valence-electron chi connectivity index (χ1n) is 11.4. The molecule has 1 amide bonds. The second-order valence-corrected chi connectivity index (χ2v) is 10.2. The lowest BCUT2D eigenvalue weighted by Gasteiger charge is -2.44. The van der Waals surface area contributed by atoms with Gasteiger partial charge in [-0.25, -0.2) is 0 Å². The fourth-order valence-electron chi connectivity index (χ4n) is 7.07. The molecule has 1 heterocycles. The van der Waals surface area contributed by atoms with E-state index in [-0.39, 0.29) is 7.47 Å². The predicted octanol–water partition coefficient (Wildman–Crippen LogP) is 4.43. The summed E-state index contributed by atoms with van der Waals surface area (Å²) in [5.41, 5.74) is 3.24. The summed E-state index contributed by atoms with van der Waals surface area (Å²) in [5, 5.41) is 3.40. The van der Waals surface area contributed by atoms with E-state index in [0.29, 0.717) is 17.2 Å². The van der Waals surface area contributed by atoms with Crippen LogP contribution >= 0.6 is 0 Å². The summed E-state index contributed by atoms with van der Waals surface area (Å²) in [6, 6.07) is 10.1. The van der Waals surface area contributed by atoms with E-state index >= 15 is 0 Å². The van der Waals surface area contributed by atoms with Gasteiger partial charge in [0.15, 0.2) is 0 Å². The summed E-state index contributed by atoms with van der Waals surface area (Å²) < 4.78 is 0. The Morgan fingerprint density at radius 3 is 2.59 bits per heavy atom. The first kappa shape index (κ1) is 16.6. The van der Waals surface area contributed by atoms with Gasteiger partial charge >= 0.3 is 0 Å². The number of fused-ring (bicyclic) bond motifs is 4. The lowest BCUT2D eigenvalue weighted by molar-refractivity contribution is -0.123. The van der Waals surface area contributed by atoms with Crippen molar-refractivity contribution >= 4 is 5.91 Å². The van der Waals surface area contributed by atoms with E-state index in [1.807, 2.05) is 0 Å². The third-order valence-corrected chi connectivity index (χ3v) is 8.69. The van der Waals surface area contributed by atoms with Crippen molar-refractivity contribution in [1.82, 2.24) is 10.2 Å². The van der Waals surface area contributed by atoms with Crippen LogP contribution in [0.1, 0.15) is 76.4 Å². The molecule has 2 bridgehead atoms.